The lowest BCUT2D eigenvalue weighted by atomic mass is 9.82. The summed E-state index contributed by atoms with van der Waals surface area (Å²) in [6.45, 7) is 13.9. The summed E-state index contributed by atoms with van der Waals surface area (Å²) in [5.41, 5.74) is 0.265. The molecule has 1 fully saturated rings. The van der Waals surface area contributed by atoms with E-state index in [0.717, 1.165) is 18.9 Å². The Bertz CT molecular complexity index is 203. The maximum Gasteiger partial charge on any atom is 0.0411 e. The number of likely N-dealkylation sites (tertiary alicyclic amines) is 1. The highest BCUT2D eigenvalue weighted by Crippen LogP contribution is 2.35. The molecule has 1 aliphatic rings. The fraction of sp³-hybridized carbons (Fsp3) is 1.00. The molecule has 3 unspecified atom stereocenters. The number of hydrogen-bond donors (Lipinski definition) is 0. The zero-order chi connectivity index (χ0) is 11.6. The fourth-order valence-electron chi connectivity index (χ4n) is 2.42. The van der Waals surface area contributed by atoms with Crippen LogP contribution >= 0.6 is 11.6 Å². The molecule has 0 radical (unpaired) electrons. The molecule has 0 aromatic rings. The summed E-state index contributed by atoms with van der Waals surface area (Å²) in [6, 6.07) is 0.693. The molecule has 1 rings (SSSR count). The maximum absolute atomic E-state index is 6.37. The zero-order valence-electron chi connectivity index (χ0n) is 10.9. The van der Waals surface area contributed by atoms with Gasteiger partial charge < -0.3 is 0 Å². The molecule has 0 saturated carbocycles. The average Bonchev–Trinajstić information content (AvgIpc) is 2.19. The lowest BCUT2D eigenvalue weighted by Crippen LogP contribution is -2.51. The lowest BCUT2D eigenvalue weighted by Gasteiger charge is -2.45. The van der Waals surface area contributed by atoms with E-state index >= 15 is 0 Å². The topological polar surface area (TPSA) is 3.24 Å². The van der Waals surface area contributed by atoms with Crippen LogP contribution in [0.2, 0.25) is 0 Å². The summed E-state index contributed by atoms with van der Waals surface area (Å²) in [5, 5.41) is 0.345. The Morgan fingerprint density at radius 3 is 2.47 bits per heavy atom. The zero-order valence-corrected chi connectivity index (χ0v) is 11.6. The van der Waals surface area contributed by atoms with E-state index in [1.807, 2.05) is 0 Å². The number of hydrogen-bond acceptors (Lipinski definition) is 1. The molecular formula is C13H26ClN. The molecular weight excluding hydrogens is 206 g/mol. The van der Waals surface area contributed by atoms with Crippen LogP contribution in [-0.2, 0) is 0 Å². The third kappa shape index (κ3) is 3.10. The van der Waals surface area contributed by atoms with Crippen molar-refractivity contribution >= 4 is 11.6 Å². The highest BCUT2D eigenvalue weighted by atomic mass is 35.5. The number of rotatable bonds is 3. The minimum absolute atomic E-state index is 0.265. The van der Waals surface area contributed by atoms with E-state index in [2.05, 4.69) is 39.5 Å². The van der Waals surface area contributed by atoms with Crippen LogP contribution in [0, 0.1) is 11.3 Å². The SMILES string of the molecule is CCC(C)C(C)N1CCC(Cl)C(C)(C)C1. The van der Waals surface area contributed by atoms with E-state index in [-0.39, 0.29) is 5.41 Å². The van der Waals surface area contributed by atoms with Crippen molar-refractivity contribution in [2.45, 2.75) is 58.9 Å². The van der Waals surface area contributed by atoms with E-state index in [1.165, 1.54) is 13.0 Å². The minimum Gasteiger partial charge on any atom is -0.300 e. The van der Waals surface area contributed by atoms with Gasteiger partial charge in [-0.1, -0.05) is 34.1 Å². The Morgan fingerprint density at radius 1 is 1.40 bits per heavy atom. The van der Waals surface area contributed by atoms with E-state index in [4.69, 9.17) is 11.6 Å². The van der Waals surface area contributed by atoms with Crippen LogP contribution in [0.15, 0.2) is 0 Å². The van der Waals surface area contributed by atoms with Crippen molar-refractivity contribution in [2.24, 2.45) is 11.3 Å². The van der Waals surface area contributed by atoms with Gasteiger partial charge in [0.05, 0.1) is 0 Å². The predicted octanol–water partition coefficient (Wildman–Crippen LogP) is 3.76. The van der Waals surface area contributed by atoms with Gasteiger partial charge in [-0.25, -0.2) is 0 Å². The van der Waals surface area contributed by atoms with Gasteiger partial charge in [0.2, 0.25) is 0 Å². The standard InChI is InChI=1S/C13H26ClN/c1-6-10(2)11(3)15-8-7-12(14)13(4,5)9-15/h10-12H,6-9H2,1-5H3. The first-order valence-corrected chi connectivity index (χ1v) is 6.70. The van der Waals surface area contributed by atoms with Gasteiger partial charge in [-0.3, -0.25) is 4.90 Å². The van der Waals surface area contributed by atoms with Gasteiger partial charge in [0.25, 0.3) is 0 Å². The molecule has 15 heavy (non-hydrogen) atoms. The van der Waals surface area contributed by atoms with Gasteiger partial charge in [-0.05, 0) is 31.2 Å². The van der Waals surface area contributed by atoms with Crippen molar-refractivity contribution in [1.82, 2.24) is 4.90 Å². The van der Waals surface area contributed by atoms with Gasteiger partial charge in [0.15, 0.2) is 0 Å². The third-order valence-corrected chi connectivity index (χ3v) is 4.98. The molecule has 3 atom stereocenters. The molecule has 0 aliphatic carbocycles. The predicted molar refractivity (Wildman–Crippen MR) is 68.5 cm³/mol. The van der Waals surface area contributed by atoms with Crippen LogP contribution in [0.5, 0.6) is 0 Å². The number of halogens is 1. The molecule has 1 heterocycles. The van der Waals surface area contributed by atoms with Crippen molar-refractivity contribution in [3.8, 4) is 0 Å². The number of nitrogens with zero attached hydrogens (tertiary/aromatic N) is 1. The molecule has 1 aliphatic heterocycles. The molecule has 1 saturated heterocycles. The number of alkyl halides is 1. The quantitative estimate of drug-likeness (QED) is 0.669. The normalized spacial score (nSPS) is 31.2. The van der Waals surface area contributed by atoms with Gasteiger partial charge >= 0.3 is 0 Å². The molecule has 0 aromatic carbocycles. The summed E-state index contributed by atoms with van der Waals surface area (Å²) in [5.74, 6) is 0.785. The first-order chi connectivity index (χ1) is 6.88. The average molecular weight is 232 g/mol. The van der Waals surface area contributed by atoms with Crippen LogP contribution in [0.25, 0.3) is 0 Å². The molecule has 0 bridgehead atoms. The first kappa shape index (κ1) is 13.3. The minimum atomic E-state index is 0.265. The fourth-order valence-corrected chi connectivity index (χ4v) is 2.59. The largest absolute Gasteiger partial charge is 0.300 e. The van der Waals surface area contributed by atoms with Crippen molar-refractivity contribution < 1.29 is 0 Å². The van der Waals surface area contributed by atoms with Crippen LogP contribution in [0.1, 0.15) is 47.5 Å². The summed E-state index contributed by atoms with van der Waals surface area (Å²) in [6.07, 6.45) is 2.40. The van der Waals surface area contributed by atoms with Crippen LogP contribution in [0.4, 0.5) is 0 Å². The Morgan fingerprint density at radius 2 is 2.00 bits per heavy atom. The van der Waals surface area contributed by atoms with E-state index < -0.39 is 0 Å². The molecule has 0 aromatic heterocycles. The van der Waals surface area contributed by atoms with E-state index in [1.54, 1.807) is 0 Å². The van der Waals surface area contributed by atoms with E-state index in [9.17, 15) is 0 Å². The van der Waals surface area contributed by atoms with Crippen molar-refractivity contribution in [1.29, 1.82) is 0 Å². The second-order valence-electron chi connectivity index (χ2n) is 5.84. The van der Waals surface area contributed by atoms with Gasteiger partial charge in [0.1, 0.15) is 0 Å². The van der Waals surface area contributed by atoms with Gasteiger partial charge in [-0.2, -0.15) is 0 Å². The number of piperidine rings is 1. The summed E-state index contributed by atoms with van der Waals surface area (Å²) in [4.78, 5) is 2.62. The third-order valence-electron chi connectivity index (χ3n) is 4.17. The first-order valence-electron chi connectivity index (χ1n) is 6.26. The summed E-state index contributed by atoms with van der Waals surface area (Å²) >= 11 is 6.37. The van der Waals surface area contributed by atoms with E-state index in [0.29, 0.717) is 11.4 Å². The Labute approximate surface area is 100 Å². The molecule has 1 nitrogen and oxygen atoms in total. The Kier molecular flexibility index (Phi) is 4.49. The van der Waals surface area contributed by atoms with Crippen molar-refractivity contribution in [2.75, 3.05) is 13.1 Å². The summed E-state index contributed by atoms with van der Waals surface area (Å²) < 4.78 is 0. The molecule has 2 heteroatoms. The lowest BCUT2D eigenvalue weighted by molar-refractivity contribution is 0.0654. The van der Waals surface area contributed by atoms with Gasteiger partial charge in [0, 0.05) is 18.0 Å². The van der Waals surface area contributed by atoms with Gasteiger partial charge in [-0.15, -0.1) is 11.6 Å². The smallest absolute Gasteiger partial charge is 0.0411 e. The molecule has 0 amide bonds. The van der Waals surface area contributed by atoms with Crippen molar-refractivity contribution in [3.63, 3.8) is 0 Å². The van der Waals surface area contributed by atoms with Crippen LogP contribution in [0.3, 0.4) is 0 Å². The highest BCUT2D eigenvalue weighted by molar-refractivity contribution is 6.21. The maximum atomic E-state index is 6.37. The molecule has 90 valence electrons. The Hall–Kier alpha value is 0.250. The highest BCUT2D eigenvalue weighted by Gasteiger charge is 2.36. The molecule has 0 spiro atoms. The van der Waals surface area contributed by atoms with Crippen LogP contribution in [-0.4, -0.2) is 29.4 Å². The van der Waals surface area contributed by atoms with Crippen LogP contribution < -0.4 is 0 Å². The van der Waals surface area contributed by atoms with Crippen molar-refractivity contribution in [3.05, 3.63) is 0 Å². The second kappa shape index (κ2) is 5.05. The monoisotopic (exact) mass is 231 g/mol. The summed E-state index contributed by atoms with van der Waals surface area (Å²) in [7, 11) is 0. The molecule has 0 N–H and O–H groups in total. The Balaban J connectivity index is 2.59. The second-order valence-corrected chi connectivity index (χ2v) is 6.37.